The second-order valence-electron chi connectivity index (χ2n) is 6.61. The fraction of sp³-hybridized carbons (Fsp3) is 0.217. The summed E-state index contributed by atoms with van der Waals surface area (Å²) in [6.07, 6.45) is 0. The number of nitrogens with zero attached hydrogens (tertiary/aromatic N) is 2. The molecular weight excluding hydrogens is 400 g/mol. The molecule has 2 aromatic carbocycles. The van der Waals surface area contributed by atoms with Gasteiger partial charge in [-0.25, -0.2) is 9.79 Å². The summed E-state index contributed by atoms with van der Waals surface area (Å²) in [5, 5.41) is 11.0. The van der Waals surface area contributed by atoms with Gasteiger partial charge in [-0.3, -0.25) is 9.59 Å². The van der Waals surface area contributed by atoms with E-state index < -0.39 is 34.7 Å². The number of aliphatic imine (C=N–C) groups is 1. The van der Waals surface area contributed by atoms with Crippen LogP contribution in [0.4, 0.5) is 5.69 Å². The molecule has 1 aliphatic heterocycles. The SMILES string of the molecule is COC(=O)C(=Nc1ccccc1)/C(C(=O)C(=O)N1CCOCC1)=C(\O)c1ccccc1. The Morgan fingerprint density at radius 2 is 1.55 bits per heavy atom. The number of benzene rings is 2. The molecule has 0 saturated carbocycles. The third-order valence-electron chi connectivity index (χ3n) is 4.62. The van der Waals surface area contributed by atoms with Gasteiger partial charge in [0.1, 0.15) is 11.3 Å². The molecule has 2 aromatic rings. The zero-order chi connectivity index (χ0) is 22.2. The summed E-state index contributed by atoms with van der Waals surface area (Å²) >= 11 is 0. The molecule has 0 atom stereocenters. The van der Waals surface area contributed by atoms with Crippen LogP contribution < -0.4 is 0 Å². The number of carbonyl (C=O) groups is 3. The van der Waals surface area contributed by atoms with Crippen molar-refractivity contribution in [2.75, 3.05) is 33.4 Å². The number of ketones is 1. The highest BCUT2D eigenvalue weighted by molar-refractivity contribution is 6.60. The molecule has 160 valence electrons. The smallest absolute Gasteiger partial charge is 0.357 e. The van der Waals surface area contributed by atoms with Gasteiger partial charge < -0.3 is 19.5 Å². The molecule has 1 fully saturated rings. The van der Waals surface area contributed by atoms with Crippen molar-refractivity contribution in [3.63, 3.8) is 0 Å². The van der Waals surface area contributed by atoms with Crippen molar-refractivity contribution in [3.8, 4) is 0 Å². The molecule has 31 heavy (non-hydrogen) atoms. The molecule has 1 aliphatic rings. The second kappa shape index (κ2) is 10.3. The van der Waals surface area contributed by atoms with Gasteiger partial charge in [-0.05, 0) is 12.1 Å². The number of rotatable bonds is 6. The number of aliphatic hydroxyl groups excluding tert-OH is 1. The third-order valence-corrected chi connectivity index (χ3v) is 4.62. The molecule has 0 unspecified atom stereocenters. The minimum absolute atomic E-state index is 0.230. The van der Waals surface area contributed by atoms with E-state index >= 15 is 0 Å². The van der Waals surface area contributed by atoms with Crippen molar-refractivity contribution < 1.29 is 29.0 Å². The normalized spacial score (nSPS) is 15.1. The van der Waals surface area contributed by atoms with Crippen molar-refractivity contribution in [2.24, 2.45) is 4.99 Å². The molecule has 3 rings (SSSR count). The number of amides is 1. The molecule has 0 spiro atoms. The molecule has 8 nitrogen and oxygen atoms in total. The van der Waals surface area contributed by atoms with Crippen LogP contribution in [-0.2, 0) is 23.9 Å². The van der Waals surface area contributed by atoms with E-state index in [2.05, 4.69) is 4.99 Å². The Balaban J connectivity index is 2.16. The monoisotopic (exact) mass is 422 g/mol. The standard InChI is InChI=1S/C23H22N2O6/c1-30-23(29)19(24-17-10-6-3-7-11-17)18(20(26)16-8-4-2-5-9-16)21(27)22(28)25-12-14-31-15-13-25/h2-11,26H,12-15H2,1H3/b20-18+,24-19?. The molecule has 8 heteroatoms. The predicted octanol–water partition coefficient (Wildman–Crippen LogP) is 2.33. The highest BCUT2D eigenvalue weighted by Gasteiger charge is 2.35. The minimum atomic E-state index is -1.05. The molecule has 1 heterocycles. The topological polar surface area (TPSA) is 106 Å². The Morgan fingerprint density at radius 1 is 0.968 bits per heavy atom. The van der Waals surface area contributed by atoms with Gasteiger partial charge in [-0.2, -0.15) is 0 Å². The fourth-order valence-electron chi connectivity index (χ4n) is 3.02. The van der Waals surface area contributed by atoms with Crippen LogP contribution in [0.15, 0.2) is 71.2 Å². The van der Waals surface area contributed by atoms with E-state index in [1.807, 2.05) is 0 Å². The van der Waals surface area contributed by atoms with Crippen LogP contribution in [-0.4, -0.2) is 66.8 Å². The number of Topliss-reactive ketones (excluding diaryl/α,β-unsaturated/α-hetero) is 1. The summed E-state index contributed by atoms with van der Waals surface area (Å²) in [6, 6.07) is 16.6. The summed E-state index contributed by atoms with van der Waals surface area (Å²) in [6.45, 7) is 1.05. The van der Waals surface area contributed by atoms with Crippen molar-refractivity contribution in [1.29, 1.82) is 0 Å². The molecule has 0 aromatic heterocycles. The third kappa shape index (κ3) is 5.23. The number of hydrogen-bond acceptors (Lipinski definition) is 7. The number of hydrogen-bond donors (Lipinski definition) is 1. The second-order valence-corrected chi connectivity index (χ2v) is 6.61. The maximum Gasteiger partial charge on any atom is 0.357 e. The van der Waals surface area contributed by atoms with Gasteiger partial charge in [-0.1, -0.05) is 48.5 Å². The fourth-order valence-corrected chi connectivity index (χ4v) is 3.02. The Kier molecular flexibility index (Phi) is 7.29. The Hall–Kier alpha value is -3.78. The maximum absolute atomic E-state index is 13.3. The van der Waals surface area contributed by atoms with Gasteiger partial charge in [0, 0.05) is 18.7 Å². The average molecular weight is 422 g/mol. The summed E-state index contributed by atoms with van der Waals surface area (Å²) in [7, 11) is 1.13. The summed E-state index contributed by atoms with van der Waals surface area (Å²) < 4.78 is 10.0. The van der Waals surface area contributed by atoms with Crippen molar-refractivity contribution in [3.05, 3.63) is 71.8 Å². The number of carbonyl (C=O) groups excluding carboxylic acids is 3. The quantitative estimate of drug-likeness (QED) is 0.252. The molecule has 0 aliphatic carbocycles. The van der Waals surface area contributed by atoms with Crippen molar-refractivity contribution in [1.82, 2.24) is 4.90 Å². The van der Waals surface area contributed by atoms with Gasteiger partial charge in [0.05, 0.1) is 26.0 Å². The van der Waals surface area contributed by atoms with Crippen molar-refractivity contribution >= 4 is 34.8 Å². The van der Waals surface area contributed by atoms with E-state index in [0.29, 0.717) is 18.9 Å². The number of methoxy groups -OCH3 is 1. The molecular formula is C23H22N2O6. The highest BCUT2D eigenvalue weighted by Crippen LogP contribution is 2.22. The first-order chi connectivity index (χ1) is 15.0. The molecule has 0 radical (unpaired) electrons. The van der Waals surface area contributed by atoms with Crippen LogP contribution in [0, 0.1) is 0 Å². The van der Waals surface area contributed by atoms with Gasteiger partial charge >= 0.3 is 5.97 Å². The maximum atomic E-state index is 13.3. The lowest BCUT2D eigenvalue weighted by Gasteiger charge is -2.26. The molecule has 1 N–H and O–H groups in total. The largest absolute Gasteiger partial charge is 0.506 e. The number of esters is 1. The van der Waals surface area contributed by atoms with E-state index in [-0.39, 0.29) is 18.7 Å². The van der Waals surface area contributed by atoms with E-state index in [4.69, 9.17) is 9.47 Å². The molecule has 1 amide bonds. The highest BCUT2D eigenvalue weighted by atomic mass is 16.5. The summed E-state index contributed by atoms with van der Waals surface area (Å²) in [5.74, 6) is -3.40. The Bertz CT molecular complexity index is 1010. The summed E-state index contributed by atoms with van der Waals surface area (Å²) in [5.41, 5.74) is -0.363. The first-order valence-corrected chi connectivity index (χ1v) is 9.65. The van der Waals surface area contributed by atoms with Crippen LogP contribution in [0.1, 0.15) is 5.56 Å². The molecule has 0 bridgehead atoms. The first-order valence-electron chi connectivity index (χ1n) is 9.65. The van der Waals surface area contributed by atoms with E-state index in [9.17, 15) is 19.5 Å². The molecule has 1 saturated heterocycles. The van der Waals surface area contributed by atoms with E-state index in [0.717, 1.165) is 7.11 Å². The van der Waals surface area contributed by atoms with Gasteiger partial charge in [-0.15, -0.1) is 0 Å². The summed E-state index contributed by atoms with van der Waals surface area (Å²) in [4.78, 5) is 44.3. The Labute approximate surface area is 179 Å². The van der Waals surface area contributed by atoms with E-state index in [1.54, 1.807) is 60.7 Å². The van der Waals surface area contributed by atoms with Crippen molar-refractivity contribution in [2.45, 2.75) is 0 Å². The van der Waals surface area contributed by atoms with Crippen LogP contribution in [0.5, 0.6) is 0 Å². The van der Waals surface area contributed by atoms with Crippen LogP contribution in [0.3, 0.4) is 0 Å². The minimum Gasteiger partial charge on any atom is -0.506 e. The lowest BCUT2D eigenvalue weighted by molar-refractivity contribution is -0.145. The van der Waals surface area contributed by atoms with Crippen LogP contribution in [0.2, 0.25) is 0 Å². The number of para-hydroxylation sites is 1. The first kappa shape index (κ1) is 21.9. The lowest BCUT2D eigenvalue weighted by Crippen LogP contribution is -2.45. The zero-order valence-corrected chi connectivity index (χ0v) is 17.0. The average Bonchev–Trinajstić information content (AvgIpc) is 2.84. The van der Waals surface area contributed by atoms with Crippen LogP contribution >= 0.6 is 0 Å². The number of aliphatic hydroxyl groups is 1. The lowest BCUT2D eigenvalue weighted by atomic mass is 9.98. The number of ether oxygens (including phenoxy) is 2. The van der Waals surface area contributed by atoms with Crippen LogP contribution in [0.25, 0.3) is 5.76 Å². The zero-order valence-electron chi connectivity index (χ0n) is 17.0. The van der Waals surface area contributed by atoms with Gasteiger partial charge in [0.15, 0.2) is 5.71 Å². The van der Waals surface area contributed by atoms with Gasteiger partial charge in [0.25, 0.3) is 11.7 Å². The predicted molar refractivity (Wildman–Crippen MR) is 114 cm³/mol. The Morgan fingerprint density at radius 3 is 2.13 bits per heavy atom. The van der Waals surface area contributed by atoms with E-state index in [1.165, 1.54) is 4.90 Å². The number of morpholine rings is 1. The van der Waals surface area contributed by atoms with Gasteiger partial charge in [0.2, 0.25) is 0 Å².